The second kappa shape index (κ2) is 11.7. The largest absolute Gasteiger partial charge is 0.355 e. The van der Waals surface area contributed by atoms with Crippen LogP contribution in [0.25, 0.3) is 0 Å². The molecule has 4 nitrogen and oxygen atoms in total. The molecule has 0 spiro atoms. The average Bonchev–Trinajstić information content (AvgIpc) is 2.53. The molecule has 1 rings (SSSR count). The van der Waals surface area contributed by atoms with Gasteiger partial charge in [0.05, 0.1) is 6.04 Å². The van der Waals surface area contributed by atoms with Gasteiger partial charge in [-0.2, -0.15) is 0 Å². The third-order valence-electron chi connectivity index (χ3n) is 3.88. The summed E-state index contributed by atoms with van der Waals surface area (Å²) < 4.78 is 0. The van der Waals surface area contributed by atoms with E-state index in [2.05, 4.69) is 72.5 Å². The lowest BCUT2D eigenvalue weighted by atomic mass is 10.1. The Hall–Kier alpha value is -0.820. The predicted molar refractivity (Wildman–Crippen MR) is 107 cm³/mol. The molecule has 1 aromatic carbocycles. The van der Waals surface area contributed by atoms with E-state index >= 15 is 0 Å². The molecule has 2 N–H and O–H groups in total. The molecule has 22 heavy (non-hydrogen) atoms. The van der Waals surface area contributed by atoms with Crippen molar-refractivity contribution >= 4 is 29.9 Å². The maximum atomic E-state index is 4.31. The summed E-state index contributed by atoms with van der Waals surface area (Å²) in [5.74, 6) is 0.852. The first-order valence-corrected chi connectivity index (χ1v) is 7.88. The Kier molecular flexibility index (Phi) is 11.3. The number of hydrogen-bond donors (Lipinski definition) is 2. The maximum absolute atomic E-state index is 4.31. The van der Waals surface area contributed by atoms with Gasteiger partial charge in [0.25, 0.3) is 0 Å². The third-order valence-corrected chi connectivity index (χ3v) is 3.88. The average molecular weight is 418 g/mol. The minimum absolute atomic E-state index is 0. The molecule has 0 radical (unpaired) electrons. The molecule has 126 valence electrons. The number of hydrogen-bond acceptors (Lipinski definition) is 2. The van der Waals surface area contributed by atoms with Crippen LogP contribution in [0.2, 0.25) is 0 Å². The van der Waals surface area contributed by atoms with Crippen LogP contribution in [0.3, 0.4) is 0 Å². The summed E-state index contributed by atoms with van der Waals surface area (Å²) in [6, 6.07) is 11.1. The molecule has 0 saturated carbocycles. The molecule has 2 unspecified atom stereocenters. The van der Waals surface area contributed by atoms with Gasteiger partial charge in [0.2, 0.25) is 0 Å². The first-order chi connectivity index (χ1) is 10.1. The standard InChI is InChI=1S/C17H30N4.HI/c1-6-21(7-2)14(3)13-19-17(18-5)20-15(4)16-11-9-8-10-12-16;/h8-12,14-15H,6-7,13H2,1-5H3,(H2,18,19,20);1H. The van der Waals surface area contributed by atoms with Crippen molar-refractivity contribution in [2.24, 2.45) is 4.99 Å². The fourth-order valence-corrected chi connectivity index (χ4v) is 2.45. The van der Waals surface area contributed by atoms with Crippen LogP contribution in [-0.2, 0) is 0 Å². The Balaban J connectivity index is 0.00000441. The monoisotopic (exact) mass is 418 g/mol. The van der Waals surface area contributed by atoms with E-state index in [0.717, 1.165) is 25.6 Å². The smallest absolute Gasteiger partial charge is 0.191 e. The predicted octanol–water partition coefficient (Wildman–Crippen LogP) is 3.26. The molecule has 0 aliphatic heterocycles. The van der Waals surface area contributed by atoms with Gasteiger partial charge in [-0.3, -0.25) is 9.89 Å². The number of aliphatic imine (C=N–C) groups is 1. The van der Waals surface area contributed by atoms with Gasteiger partial charge >= 0.3 is 0 Å². The van der Waals surface area contributed by atoms with Crippen LogP contribution in [0.15, 0.2) is 35.3 Å². The molecule has 0 saturated heterocycles. The molecule has 0 heterocycles. The number of halogens is 1. The minimum Gasteiger partial charge on any atom is -0.355 e. The molecule has 0 amide bonds. The Morgan fingerprint density at radius 1 is 1.14 bits per heavy atom. The number of rotatable bonds is 7. The number of nitrogens with zero attached hydrogens (tertiary/aromatic N) is 2. The van der Waals surface area contributed by atoms with Crippen LogP contribution < -0.4 is 10.6 Å². The molecule has 1 aromatic rings. The molecule has 5 heteroatoms. The van der Waals surface area contributed by atoms with Crippen molar-refractivity contribution in [3.05, 3.63) is 35.9 Å². The third kappa shape index (κ3) is 6.96. The zero-order chi connectivity index (χ0) is 15.7. The summed E-state index contributed by atoms with van der Waals surface area (Å²) in [6.45, 7) is 11.8. The Morgan fingerprint density at radius 2 is 1.73 bits per heavy atom. The van der Waals surface area contributed by atoms with E-state index in [1.807, 2.05) is 13.1 Å². The lowest BCUT2D eigenvalue weighted by Crippen LogP contribution is -2.46. The van der Waals surface area contributed by atoms with Gasteiger partial charge in [0, 0.05) is 19.6 Å². The number of guanidine groups is 1. The van der Waals surface area contributed by atoms with Gasteiger partial charge in [0.1, 0.15) is 0 Å². The SMILES string of the molecule is CCN(CC)C(C)CNC(=NC)NC(C)c1ccccc1.I. The van der Waals surface area contributed by atoms with E-state index in [4.69, 9.17) is 0 Å². The molecule has 0 aromatic heterocycles. The lowest BCUT2D eigenvalue weighted by molar-refractivity contribution is 0.231. The Labute approximate surface area is 152 Å². The van der Waals surface area contributed by atoms with Crippen molar-refractivity contribution in [3.8, 4) is 0 Å². The lowest BCUT2D eigenvalue weighted by Gasteiger charge is -2.27. The Bertz CT molecular complexity index is 418. The van der Waals surface area contributed by atoms with E-state index in [-0.39, 0.29) is 30.0 Å². The van der Waals surface area contributed by atoms with Crippen LogP contribution in [0.4, 0.5) is 0 Å². The zero-order valence-corrected chi connectivity index (χ0v) is 16.8. The van der Waals surface area contributed by atoms with Gasteiger partial charge in [-0.25, -0.2) is 0 Å². The van der Waals surface area contributed by atoms with Crippen LogP contribution in [0.1, 0.15) is 39.3 Å². The highest BCUT2D eigenvalue weighted by Gasteiger charge is 2.12. The normalized spacial score (nSPS) is 14.2. The number of benzene rings is 1. The number of likely N-dealkylation sites (N-methyl/N-ethyl adjacent to an activating group) is 1. The highest BCUT2D eigenvalue weighted by molar-refractivity contribution is 14.0. The maximum Gasteiger partial charge on any atom is 0.191 e. The summed E-state index contributed by atoms with van der Waals surface area (Å²) in [7, 11) is 1.81. The quantitative estimate of drug-likeness (QED) is 0.406. The van der Waals surface area contributed by atoms with Crippen molar-refractivity contribution in [1.29, 1.82) is 0 Å². The Morgan fingerprint density at radius 3 is 2.23 bits per heavy atom. The van der Waals surface area contributed by atoms with E-state index in [1.54, 1.807) is 0 Å². The molecular formula is C17H31IN4. The van der Waals surface area contributed by atoms with E-state index in [9.17, 15) is 0 Å². The first kappa shape index (κ1) is 21.2. The summed E-state index contributed by atoms with van der Waals surface area (Å²) in [6.07, 6.45) is 0. The van der Waals surface area contributed by atoms with Gasteiger partial charge in [-0.1, -0.05) is 44.2 Å². The van der Waals surface area contributed by atoms with E-state index in [0.29, 0.717) is 6.04 Å². The molecule has 0 fully saturated rings. The van der Waals surface area contributed by atoms with Crippen molar-refractivity contribution in [2.45, 2.75) is 39.8 Å². The highest BCUT2D eigenvalue weighted by Crippen LogP contribution is 2.10. The molecule has 0 bridgehead atoms. The summed E-state index contributed by atoms with van der Waals surface area (Å²) in [5.41, 5.74) is 1.26. The molecule has 0 aliphatic rings. The zero-order valence-electron chi connectivity index (χ0n) is 14.5. The highest BCUT2D eigenvalue weighted by atomic mass is 127. The van der Waals surface area contributed by atoms with Gasteiger partial charge in [0.15, 0.2) is 5.96 Å². The van der Waals surface area contributed by atoms with E-state index in [1.165, 1.54) is 5.56 Å². The van der Waals surface area contributed by atoms with Gasteiger partial charge < -0.3 is 10.6 Å². The molecular weight excluding hydrogens is 387 g/mol. The van der Waals surface area contributed by atoms with Crippen molar-refractivity contribution < 1.29 is 0 Å². The summed E-state index contributed by atoms with van der Waals surface area (Å²) in [5, 5.41) is 6.85. The number of nitrogens with one attached hydrogen (secondary N) is 2. The van der Waals surface area contributed by atoms with Crippen LogP contribution >= 0.6 is 24.0 Å². The topological polar surface area (TPSA) is 39.7 Å². The van der Waals surface area contributed by atoms with Gasteiger partial charge in [-0.05, 0) is 32.5 Å². The van der Waals surface area contributed by atoms with Crippen molar-refractivity contribution in [1.82, 2.24) is 15.5 Å². The van der Waals surface area contributed by atoms with Crippen molar-refractivity contribution in [3.63, 3.8) is 0 Å². The molecule has 2 atom stereocenters. The summed E-state index contributed by atoms with van der Waals surface area (Å²) >= 11 is 0. The fourth-order valence-electron chi connectivity index (χ4n) is 2.45. The first-order valence-electron chi connectivity index (χ1n) is 7.88. The van der Waals surface area contributed by atoms with Crippen LogP contribution in [-0.4, -0.2) is 43.6 Å². The van der Waals surface area contributed by atoms with Gasteiger partial charge in [-0.15, -0.1) is 24.0 Å². The second-order valence-corrected chi connectivity index (χ2v) is 5.30. The second-order valence-electron chi connectivity index (χ2n) is 5.30. The van der Waals surface area contributed by atoms with Crippen LogP contribution in [0.5, 0.6) is 0 Å². The van der Waals surface area contributed by atoms with Crippen LogP contribution in [0, 0.1) is 0 Å². The molecule has 0 aliphatic carbocycles. The van der Waals surface area contributed by atoms with Crippen molar-refractivity contribution in [2.75, 3.05) is 26.7 Å². The summed E-state index contributed by atoms with van der Waals surface area (Å²) in [4.78, 5) is 6.74. The fraction of sp³-hybridized carbons (Fsp3) is 0.588. The minimum atomic E-state index is 0. The van der Waals surface area contributed by atoms with E-state index < -0.39 is 0 Å².